The smallest absolute Gasteiger partial charge is 0.248 e. The lowest BCUT2D eigenvalue weighted by molar-refractivity contribution is -0.125. The van der Waals surface area contributed by atoms with Crippen molar-refractivity contribution in [2.45, 2.75) is 18.9 Å². The number of hydrogen-bond acceptors (Lipinski definition) is 3. The Morgan fingerprint density at radius 3 is 2.89 bits per heavy atom. The van der Waals surface area contributed by atoms with Gasteiger partial charge in [0.05, 0.1) is 17.8 Å². The first-order valence-electron chi connectivity index (χ1n) is 6.16. The fourth-order valence-corrected chi connectivity index (χ4v) is 2.21. The van der Waals surface area contributed by atoms with E-state index in [1.54, 1.807) is 11.0 Å². The first-order chi connectivity index (χ1) is 9.19. The van der Waals surface area contributed by atoms with Crippen molar-refractivity contribution >= 4 is 11.6 Å². The van der Waals surface area contributed by atoms with Crippen LogP contribution in [0.25, 0.3) is 0 Å². The Balaban J connectivity index is 1.81. The van der Waals surface area contributed by atoms with E-state index in [9.17, 15) is 9.18 Å². The molecule has 1 N–H and O–H groups in total. The van der Waals surface area contributed by atoms with Crippen molar-refractivity contribution in [3.8, 4) is 6.07 Å². The van der Waals surface area contributed by atoms with Crippen molar-refractivity contribution in [1.82, 2.24) is 4.90 Å². The zero-order valence-corrected chi connectivity index (χ0v) is 10.2. The van der Waals surface area contributed by atoms with Crippen LogP contribution in [0.15, 0.2) is 30.0 Å². The lowest BCUT2D eigenvalue weighted by Crippen LogP contribution is -2.28. The normalized spacial score (nSPS) is 18.2. The number of nitrogens with one attached hydrogen (secondary N) is 1. The first kappa shape index (κ1) is 11.7. The molecule has 1 saturated carbocycles. The summed E-state index contributed by atoms with van der Waals surface area (Å²) in [7, 11) is 0. The summed E-state index contributed by atoms with van der Waals surface area (Å²) >= 11 is 0. The van der Waals surface area contributed by atoms with Crippen LogP contribution in [0.2, 0.25) is 0 Å². The summed E-state index contributed by atoms with van der Waals surface area (Å²) in [6, 6.07) is 6.60. The second-order valence-electron chi connectivity index (χ2n) is 4.77. The maximum atomic E-state index is 13.7. The summed E-state index contributed by atoms with van der Waals surface area (Å²) in [4.78, 5) is 13.5. The number of nitrogens with zero attached hydrogens (tertiary/aromatic N) is 2. The molecule has 19 heavy (non-hydrogen) atoms. The summed E-state index contributed by atoms with van der Waals surface area (Å²) in [6.07, 6.45) is 3.55. The predicted molar refractivity (Wildman–Crippen MR) is 67.6 cm³/mol. The third-order valence-corrected chi connectivity index (χ3v) is 3.33. The minimum Gasteiger partial charge on any atom is -0.354 e. The summed E-state index contributed by atoms with van der Waals surface area (Å²) in [5, 5.41) is 11.8. The number of anilines is 1. The van der Waals surface area contributed by atoms with Gasteiger partial charge in [0.1, 0.15) is 11.9 Å². The maximum Gasteiger partial charge on any atom is 0.248 e. The van der Waals surface area contributed by atoms with Crippen molar-refractivity contribution < 1.29 is 9.18 Å². The van der Waals surface area contributed by atoms with E-state index >= 15 is 0 Å². The highest BCUT2D eigenvalue weighted by Crippen LogP contribution is 2.31. The minimum atomic E-state index is -0.489. The number of hydrogen-bond donors (Lipinski definition) is 1. The lowest BCUT2D eigenvalue weighted by atomic mass is 10.2. The van der Waals surface area contributed by atoms with Gasteiger partial charge in [-0.15, -0.1) is 0 Å². The van der Waals surface area contributed by atoms with Crippen LogP contribution in [0, 0.1) is 17.1 Å². The van der Waals surface area contributed by atoms with Crippen LogP contribution in [-0.2, 0) is 4.79 Å². The molecule has 0 unspecified atom stereocenters. The van der Waals surface area contributed by atoms with E-state index < -0.39 is 5.82 Å². The summed E-state index contributed by atoms with van der Waals surface area (Å²) in [5.74, 6) is -0.530. The van der Waals surface area contributed by atoms with E-state index in [1.165, 1.54) is 18.2 Å². The Morgan fingerprint density at radius 1 is 1.42 bits per heavy atom. The van der Waals surface area contributed by atoms with Crippen molar-refractivity contribution in [3.63, 3.8) is 0 Å². The molecule has 96 valence electrons. The molecule has 0 aromatic heterocycles. The zero-order chi connectivity index (χ0) is 13.4. The largest absolute Gasteiger partial charge is 0.354 e. The van der Waals surface area contributed by atoms with Crippen LogP contribution in [0.3, 0.4) is 0 Å². The topological polar surface area (TPSA) is 56.1 Å². The molecule has 1 amide bonds. The number of carbonyl (C=O) groups is 1. The molecule has 1 aliphatic heterocycles. The zero-order valence-electron chi connectivity index (χ0n) is 10.2. The minimum absolute atomic E-state index is 0.0418. The molecule has 4 nitrogen and oxygen atoms in total. The monoisotopic (exact) mass is 257 g/mol. The fraction of sp³-hybridized carbons (Fsp3) is 0.286. The van der Waals surface area contributed by atoms with Crippen molar-refractivity contribution in [2.24, 2.45) is 0 Å². The third-order valence-electron chi connectivity index (χ3n) is 3.33. The molecule has 1 heterocycles. The van der Waals surface area contributed by atoms with Crippen LogP contribution in [0.4, 0.5) is 10.1 Å². The van der Waals surface area contributed by atoms with Gasteiger partial charge in [-0.25, -0.2) is 4.39 Å². The van der Waals surface area contributed by atoms with Crippen LogP contribution in [0.1, 0.15) is 18.4 Å². The third kappa shape index (κ3) is 2.17. The summed E-state index contributed by atoms with van der Waals surface area (Å²) < 4.78 is 13.7. The van der Waals surface area contributed by atoms with Crippen molar-refractivity contribution in [2.75, 3.05) is 11.9 Å². The van der Waals surface area contributed by atoms with E-state index in [4.69, 9.17) is 5.26 Å². The average molecular weight is 257 g/mol. The standard InChI is InChI=1S/C14H12FN3O/c15-12-3-1-2-9(7-16)14(12)17-10-6-13(19)18(8-10)11-4-5-11/h1-3,6,11,17H,4-5,8H2. The van der Waals surface area contributed by atoms with Crippen LogP contribution < -0.4 is 5.32 Å². The van der Waals surface area contributed by atoms with Gasteiger partial charge in [0, 0.05) is 17.8 Å². The molecule has 1 aromatic rings. The number of amides is 1. The number of carbonyl (C=O) groups excluding carboxylic acids is 1. The molecule has 0 spiro atoms. The van der Waals surface area contributed by atoms with Crippen LogP contribution >= 0.6 is 0 Å². The highest BCUT2D eigenvalue weighted by molar-refractivity contribution is 5.92. The van der Waals surface area contributed by atoms with Gasteiger partial charge in [-0.05, 0) is 25.0 Å². The van der Waals surface area contributed by atoms with E-state index in [0.29, 0.717) is 18.3 Å². The molecule has 5 heteroatoms. The SMILES string of the molecule is N#Cc1cccc(F)c1NC1=CC(=O)N(C2CC2)C1. The van der Waals surface area contributed by atoms with E-state index in [0.717, 1.165) is 12.8 Å². The molecule has 1 fully saturated rings. The van der Waals surface area contributed by atoms with Gasteiger partial charge < -0.3 is 10.2 Å². The van der Waals surface area contributed by atoms with Gasteiger partial charge >= 0.3 is 0 Å². The van der Waals surface area contributed by atoms with Gasteiger partial charge in [-0.2, -0.15) is 5.26 Å². The second-order valence-corrected chi connectivity index (χ2v) is 4.77. The Kier molecular flexibility index (Phi) is 2.71. The van der Waals surface area contributed by atoms with E-state index in [1.807, 2.05) is 6.07 Å². The van der Waals surface area contributed by atoms with Crippen LogP contribution in [0.5, 0.6) is 0 Å². The Bertz CT molecular complexity index is 614. The molecule has 2 aliphatic rings. The number of rotatable bonds is 3. The van der Waals surface area contributed by atoms with Crippen molar-refractivity contribution in [1.29, 1.82) is 5.26 Å². The van der Waals surface area contributed by atoms with Gasteiger partial charge in [0.25, 0.3) is 0 Å². The molecule has 0 saturated heterocycles. The molecule has 3 rings (SSSR count). The molecule has 1 aliphatic carbocycles. The second kappa shape index (κ2) is 4.39. The number of halogens is 1. The molecule has 0 radical (unpaired) electrons. The van der Waals surface area contributed by atoms with E-state index in [2.05, 4.69) is 5.32 Å². The predicted octanol–water partition coefficient (Wildman–Crippen LogP) is 2.00. The summed E-state index contributed by atoms with van der Waals surface area (Å²) in [6.45, 7) is 0.461. The van der Waals surface area contributed by atoms with Gasteiger partial charge in [-0.1, -0.05) is 6.07 Å². The Morgan fingerprint density at radius 2 is 2.21 bits per heavy atom. The quantitative estimate of drug-likeness (QED) is 0.901. The molecule has 0 bridgehead atoms. The highest BCUT2D eigenvalue weighted by atomic mass is 19.1. The molecule has 1 aromatic carbocycles. The first-order valence-corrected chi connectivity index (χ1v) is 6.16. The number of para-hydroxylation sites is 1. The van der Waals surface area contributed by atoms with Crippen molar-refractivity contribution in [3.05, 3.63) is 41.4 Å². The fourth-order valence-electron chi connectivity index (χ4n) is 2.21. The van der Waals surface area contributed by atoms with Gasteiger partial charge in [0.15, 0.2) is 0 Å². The maximum absolute atomic E-state index is 13.7. The molecular weight excluding hydrogens is 245 g/mol. The van der Waals surface area contributed by atoms with Gasteiger partial charge in [-0.3, -0.25) is 4.79 Å². The molecule has 0 atom stereocenters. The lowest BCUT2D eigenvalue weighted by Gasteiger charge is -2.16. The highest BCUT2D eigenvalue weighted by Gasteiger charge is 2.35. The van der Waals surface area contributed by atoms with Crippen LogP contribution in [-0.4, -0.2) is 23.4 Å². The summed E-state index contributed by atoms with van der Waals surface area (Å²) in [5.41, 5.74) is 1.01. The average Bonchev–Trinajstić information content (AvgIpc) is 3.17. The van der Waals surface area contributed by atoms with Gasteiger partial charge in [0.2, 0.25) is 5.91 Å². The Hall–Kier alpha value is -2.35. The van der Waals surface area contributed by atoms with E-state index in [-0.39, 0.29) is 17.2 Å². The number of nitriles is 1. The number of benzene rings is 1. The Labute approximate surface area is 110 Å². The molecular formula is C14H12FN3O.